The molecule has 0 amide bonds. The van der Waals surface area contributed by atoms with Crippen LogP contribution < -0.4 is 5.56 Å². The Kier molecular flexibility index (Phi) is 5.31. The predicted molar refractivity (Wildman–Crippen MR) is 111 cm³/mol. The number of rotatable bonds is 7. The number of hydrogen-bond donors (Lipinski definition) is 1. The summed E-state index contributed by atoms with van der Waals surface area (Å²) in [4.78, 5) is 19.4. The third-order valence-electron chi connectivity index (χ3n) is 4.85. The number of nitrogens with zero attached hydrogens (tertiary/aromatic N) is 3. The molecular formula is C22H24N4O3. The molecule has 0 atom stereocenters. The lowest BCUT2D eigenvalue weighted by Crippen LogP contribution is -2.08. The number of pyridine rings is 1. The fraction of sp³-hybridized carbons (Fsp3) is 0.318. The minimum absolute atomic E-state index is 0.111. The van der Waals surface area contributed by atoms with Crippen LogP contribution in [0.2, 0.25) is 0 Å². The third-order valence-corrected chi connectivity index (χ3v) is 4.85. The predicted octanol–water partition coefficient (Wildman–Crippen LogP) is 4.24. The summed E-state index contributed by atoms with van der Waals surface area (Å²) < 4.78 is 13.0. The fourth-order valence-corrected chi connectivity index (χ4v) is 3.17. The van der Waals surface area contributed by atoms with E-state index in [1.54, 1.807) is 23.2 Å². The number of aromatic amines is 1. The molecule has 29 heavy (non-hydrogen) atoms. The van der Waals surface area contributed by atoms with E-state index in [1.165, 1.54) is 0 Å². The van der Waals surface area contributed by atoms with Crippen LogP contribution in [0.4, 0.5) is 0 Å². The van der Waals surface area contributed by atoms with E-state index in [1.807, 2.05) is 31.2 Å². The molecule has 4 rings (SSSR count). The third kappa shape index (κ3) is 4.00. The van der Waals surface area contributed by atoms with Crippen molar-refractivity contribution < 1.29 is 9.15 Å². The summed E-state index contributed by atoms with van der Waals surface area (Å²) >= 11 is 0. The molecule has 0 fully saturated rings. The second-order valence-corrected chi connectivity index (χ2v) is 7.47. The Hall–Kier alpha value is -3.19. The monoisotopic (exact) mass is 392 g/mol. The topological polar surface area (TPSA) is 85.9 Å². The Balaban J connectivity index is 1.73. The number of H-pyrrole nitrogens is 1. The molecule has 0 saturated heterocycles. The SMILES string of the molecule is Cc1occc1-c1nc(COCCC(C)C)n(-c2ccc3c(=O)[nH]ccc3c2)n1. The smallest absolute Gasteiger partial charge is 0.255 e. The van der Waals surface area contributed by atoms with Gasteiger partial charge >= 0.3 is 0 Å². The molecule has 0 aliphatic rings. The van der Waals surface area contributed by atoms with Gasteiger partial charge in [-0.05, 0) is 55.0 Å². The lowest BCUT2D eigenvalue weighted by atomic mass is 10.1. The van der Waals surface area contributed by atoms with E-state index in [2.05, 4.69) is 18.8 Å². The van der Waals surface area contributed by atoms with Crippen LogP contribution in [-0.2, 0) is 11.3 Å². The van der Waals surface area contributed by atoms with Crippen molar-refractivity contribution >= 4 is 10.8 Å². The molecule has 0 aliphatic carbocycles. The normalized spacial score (nSPS) is 11.6. The van der Waals surface area contributed by atoms with Crippen molar-refractivity contribution in [3.8, 4) is 17.1 Å². The summed E-state index contributed by atoms with van der Waals surface area (Å²) in [7, 11) is 0. The molecule has 3 heterocycles. The number of furan rings is 1. The van der Waals surface area contributed by atoms with E-state index < -0.39 is 0 Å². The molecular weight excluding hydrogens is 368 g/mol. The van der Waals surface area contributed by atoms with Crippen LogP contribution in [0.3, 0.4) is 0 Å². The summed E-state index contributed by atoms with van der Waals surface area (Å²) in [6, 6.07) is 9.34. The highest BCUT2D eigenvalue weighted by Gasteiger charge is 2.17. The molecule has 4 aromatic rings. The molecule has 7 nitrogen and oxygen atoms in total. The van der Waals surface area contributed by atoms with Crippen LogP contribution >= 0.6 is 0 Å². The van der Waals surface area contributed by atoms with Crippen LogP contribution in [0.5, 0.6) is 0 Å². The second kappa shape index (κ2) is 8.05. The zero-order chi connectivity index (χ0) is 20.4. The van der Waals surface area contributed by atoms with Gasteiger partial charge in [0.2, 0.25) is 0 Å². The molecule has 0 unspecified atom stereocenters. The number of nitrogens with one attached hydrogen (secondary N) is 1. The lowest BCUT2D eigenvalue weighted by molar-refractivity contribution is 0.104. The summed E-state index contributed by atoms with van der Waals surface area (Å²) in [5.41, 5.74) is 1.56. The molecule has 0 radical (unpaired) electrons. The van der Waals surface area contributed by atoms with Crippen molar-refractivity contribution in [3.63, 3.8) is 0 Å². The standard InChI is InChI=1S/C22H24N4O3/c1-14(2)7-10-28-13-20-24-21(18-8-11-29-15(18)3)25-26(20)17-4-5-19-16(12-17)6-9-23-22(19)27/h4-6,8-9,11-12,14H,7,10,13H2,1-3H3,(H,23,27). The van der Waals surface area contributed by atoms with E-state index in [0.717, 1.165) is 28.8 Å². The number of benzene rings is 1. The van der Waals surface area contributed by atoms with Gasteiger partial charge < -0.3 is 14.1 Å². The second-order valence-electron chi connectivity index (χ2n) is 7.47. The van der Waals surface area contributed by atoms with Crippen LogP contribution in [0.25, 0.3) is 27.8 Å². The Morgan fingerprint density at radius 2 is 2.10 bits per heavy atom. The number of hydrogen-bond acceptors (Lipinski definition) is 5. The number of fused-ring (bicyclic) bond motifs is 1. The van der Waals surface area contributed by atoms with E-state index in [9.17, 15) is 4.79 Å². The number of aromatic nitrogens is 4. The number of aryl methyl sites for hydroxylation is 1. The van der Waals surface area contributed by atoms with Crippen LogP contribution in [0.15, 0.2) is 52.0 Å². The summed E-state index contributed by atoms with van der Waals surface area (Å²) in [5, 5.41) is 6.18. The Bertz CT molecular complexity index is 1190. The highest BCUT2D eigenvalue weighted by atomic mass is 16.5. The lowest BCUT2D eigenvalue weighted by Gasteiger charge is -2.09. The summed E-state index contributed by atoms with van der Waals surface area (Å²) in [5.74, 6) is 2.63. The van der Waals surface area contributed by atoms with Crippen LogP contribution in [0.1, 0.15) is 31.9 Å². The zero-order valence-electron chi connectivity index (χ0n) is 16.8. The van der Waals surface area contributed by atoms with Crippen molar-refractivity contribution in [2.75, 3.05) is 6.61 Å². The van der Waals surface area contributed by atoms with Gasteiger partial charge in [0.1, 0.15) is 12.4 Å². The van der Waals surface area contributed by atoms with Crippen molar-refractivity contribution in [2.24, 2.45) is 5.92 Å². The van der Waals surface area contributed by atoms with Crippen molar-refractivity contribution in [2.45, 2.75) is 33.8 Å². The molecule has 1 N–H and O–H groups in total. The summed E-state index contributed by atoms with van der Waals surface area (Å²) in [6.45, 7) is 7.24. The van der Waals surface area contributed by atoms with Gasteiger partial charge in [-0.3, -0.25) is 4.79 Å². The van der Waals surface area contributed by atoms with Crippen LogP contribution in [0, 0.1) is 12.8 Å². The first-order chi connectivity index (χ1) is 14.0. The molecule has 0 aliphatic heterocycles. The van der Waals surface area contributed by atoms with E-state index in [4.69, 9.17) is 19.2 Å². The maximum Gasteiger partial charge on any atom is 0.255 e. The molecule has 0 bridgehead atoms. The Labute approximate surface area is 168 Å². The fourth-order valence-electron chi connectivity index (χ4n) is 3.17. The minimum Gasteiger partial charge on any atom is -0.469 e. The van der Waals surface area contributed by atoms with E-state index in [-0.39, 0.29) is 5.56 Å². The maximum absolute atomic E-state index is 12.0. The van der Waals surface area contributed by atoms with Gasteiger partial charge in [0, 0.05) is 18.2 Å². The van der Waals surface area contributed by atoms with Gasteiger partial charge in [-0.25, -0.2) is 9.67 Å². The molecule has 0 saturated carbocycles. The van der Waals surface area contributed by atoms with Gasteiger partial charge in [0.15, 0.2) is 11.6 Å². The molecule has 1 aromatic carbocycles. The van der Waals surface area contributed by atoms with Crippen molar-refractivity contribution in [1.29, 1.82) is 0 Å². The van der Waals surface area contributed by atoms with Crippen molar-refractivity contribution in [3.05, 3.63) is 64.7 Å². The van der Waals surface area contributed by atoms with Gasteiger partial charge in [-0.1, -0.05) is 13.8 Å². The first-order valence-corrected chi connectivity index (χ1v) is 9.73. The average molecular weight is 392 g/mol. The van der Waals surface area contributed by atoms with E-state index in [0.29, 0.717) is 36.2 Å². The van der Waals surface area contributed by atoms with E-state index >= 15 is 0 Å². The highest BCUT2D eigenvalue weighted by Crippen LogP contribution is 2.24. The quantitative estimate of drug-likeness (QED) is 0.476. The molecule has 0 spiro atoms. The van der Waals surface area contributed by atoms with Gasteiger partial charge in [0.05, 0.1) is 17.5 Å². The van der Waals surface area contributed by atoms with Gasteiger partial charge in [-0.15, -0.1) is 5.10 Å². The Morgan fingerprint density at radius 1 is 1.24 bits per heavy atom. The zero-order valence-corrected chi connectivity index (χ0v) is 16.8. The Morgan fingerprint density at radius 3 is 2.86 bits per heavy atom. The van der Waals surface area contributed by atoms with Gasteiger partial charge in [0.25, 0.3) is 5.56 Å². The first-order valence-electron chi connectivity index (χ1n) is 9.73. The first kappa shape index (κ1) is 19.1. The highest BCUT2D eigenvalue weighted by molar-refractivity contribution is 5.83. The average Bonchev–Trinajstić information content (AvgIpc) is 3.31. The molecule has 7 heteroatoms. The number of ether oxygens (including phenoxy) is 1. The van der Waals surface area contributed by atoms with Crippen LogP contribution in [-0.4, -0.2) is 26.4 Å². The summed E-state index contributed by atoms with van der Waals surface area (Å²) in [6.07, 6.45) is 4.26. The van der Waals surface area contributed by atoms with Crippen molar-refractivity contribution in [1.82, 2.24) is 19.7 Å². The molecule has 3 aromatic heterocycles. The van der Waals surface area contributed by atoms with Gasteiger partial charge in [-0.2, -0.15) is 0 Å². The minimum atomic E-state index is -0.111. The molecule has 150 valence electrons. The maximum atomic E-state index is 12.0. The largest absolute Gasteiger partial charge is 0.469 e.